The predicted molar refractivity (Wildman–Crippen MR) is 99.4 cm³/mol. The third kappa shape index (κ3) is 5.87. The monoisotopic (exact) mass is 361 g/mol. The zero-order valence-corrected chi connectivity index (χ0v) is 15.5. The lowest BCUT2D eigenvalue weighted by Crippen LogP contribution is -2.46. The maximum atomic E-state index is 12.1. The summed E-state index contributed by atoms with van der Waals surface area (Å²) in [6, 6.07) is 4.08. The molecule has 2 aliphatic rings. The van der Waals surface area contributed by atoms with E-state index >= 15 is 0 Å². The molecule has 144 valence electrons. The summed E-state index contributed by atoms with van der Waals surface area (Å²) in [7, 11) is 0. The third-order valence-electron chi connectivity index (χ3n) is 5.61. The number of piperidine rings is 1. The van der Waals surface area contributed by atoms with Crippen molar-refractivity contribution in [3.05, 3.63) is 24.2 Å². The van der Waals surface area contributed by atoms with Gasteiger partial charge in [0.05, 0.1) is 12.8 Å². The van der Waals surface area contributed by atoms with Crippen LogP contribution in [0.3, 0.4) is 0 Å². The molecule has 1 aromatic heterocycles. The summed E-state index contributed by atoms with van der Waals surface area (Å²) in [5.74, 6) is 0.490. The number of rotatable bonds is 5. The van der Waals surface area contributed by atoms with Crippen molar-refractivity contribution in [1.82, 2.24) is 15.5 Å². The minimum atomic E-state index is -0.479. The van der Waals surface area contributed by atoms with E-state index in [2.05, 4.69) is 15.5 Å². The number of hydrogen-bond acceptors (Lipinski definition) is 4. The Morgan fingerprint density at radius 2 is 1.77 bits per heavy atom. The molecule has 1 aromatic rings. The summed E-state index contributed by atoms with van der Waals surface area (Å²) in [5.41, 5.74) is 0. The molecule has 0 aromatic carbocycles. The van der Waals surface area contributed by atoms with Gasteiger partial charge in [-0.25, -0.2) is 0 Å². The third-order valence-corrected chi connectivity index (χ3v) is 5.61. The summed E-state index contributed by atoms with van der Waals surface area (Å²) < 4.78 is 5.40. The van der Waals surface area contributed by atoms with Gasteiger partial charge in [0, 0.05) is 12.6 Å². The highest BCUT2D eigenvalue weighted by molar-refractivity contribution is 6.35. The van der Waals surface area contributed by atoms with Gasteiger partial charge in [-0.1, -0.05) is 25.7 Å². The van der Waals surface area contributed by atoms with Crippen LogP contribution >= 0.6 is 0 Å². The zero-order valence-electron chi connectivity index (χ0n) is 15.5. The lowest BCUT2D eigenvalue weighted by atomic mass is 9.96. The topological polar surface area (TPSA) is 74.6 Å². The van der Waals surface area contributed by atoms with Crippen molar-refractivity contribution in [2.45, 2.75) is 64.0 Å². The number of nitrogens with zero attached hydrogens (tertiary/aromatic N) is 1. The van der Waals surface area contributed by atoms with Crippen molar-refractivity contribution >= 4 is 11.8 Å². The second-order valence-corrected chi connectivity index (χ2v) is 7.67. The van der Waals surface area contributed by atoms with Crippen LogP contribution in [0.1, 0.15) is 57.1 Å². The van der Waals surface area contributed by atoms with E-state index in [-0.39, 0.29) is 6.04 Å². The molecule has 0 spiro atoms. The molecule has 1 aliphatic heterocycles. The van der Waals surface area contributed by atoms with Gasteiger partial charge in [-0.3, -0.25) is 14.5 Å². The van der Waals surface area contributed by atoms with Gasteiger partial charge in [0.1, 0.15) is 5.76 Å². The zero-order chi connectivity index (χ0) is 18.2. The molecule has 6 heteroatoms. The molecule has 26 heavy (non-hydrogen) atoms. The van der Waals surface area contributed by atoms with Crippen LogP contribution in [0.15, 0.2) is 22.8 Å². The summed E-state index contributed by atoms with van der Waals surface area (Å²) >= 11 is 0. The van der Waals surface area contributed by atoms with Crippen LogP contribution in [0.2, 0.25) is 0 Å². The summed E-state index contributed by atoms with van der Waals surface area (Å²) in [6.07, 6.45) is 10.5. The van der Waals surface area contributed by atoms with Crippen LogP contribution in [-0.2, 0) is 16.1 Å². The van der Waals surface area contributed by atoms with Gasteiger partial charge in [-0.2, -0.15) is 0 Å². The first-order valence-corrected chi connectivity index (χ1v) is 10.0. The van der Waals surface area contributed by atoms with Crippen molar-refractivity contribution in [2.24, 2.45) is 5.92 Å². The van der Waals surface area contributed by atoms with Gasteiger partial charge in [0.2, 0.25) is 0 Å². The van der Waals surface area contributed by atoms with Crippen LogP contribution in [0, 0.1) is 5.92 Å². The van der Waals surface area contributed by atoms with Gasteiger partial charge in [0.15, 0.2) is 0 Å². The molecule has 0 radical (unpaired) electrons. The smallest absolute Gasteiger partial charge is 0.309 e. The predicted octanol–water partition coefficient (Wildman–Crippen LogP) is 2.45. The SMILES string of the molecule is O=C(NCC1CCN(Cc2ccco2)CC1)C(=O)NC1CCCCCC1. The maximum Gasteiger partial charge on any atom is 0.309 e. The molecule has 1 saturated carbocycles. The summed E-state index contributed by atoms with van der Waals surface area (Å²) in [5, 5.41) is 5.74. The Labute approximate surface area is 155 Å². The van der Waals surface area contributed by atoms with Crippen molar-refractivity contribution in [2.75, 3.05) is 19.6 Å². The highest BCUT2D eigenvalue weighted by Gasteiger charge is 2.23. The number of amides is 2. The Balaban J connectivity index is 1.32. The van der Waals surface area contributed by atoms with E-state index < -0.39 is 11.8 Å². The van der Waals surface area contributed by atoms with Gasteiger partial charge < -0.3 is 15.1 Å². The van der Waals surface area contributed by atoms with Crippen molar-refractivity contribution in [3.63, 3.8) is 0 Å². The highest BCUT2D eigenvalue weighted by atomic mass is 16.3. The Hall–Kier alpha value is -1.82. The van der Waals surface area contributed by atoms with Gasteiger partial charge in [0.25, 0.3) is 0 Å². The minimum Gasteiger partial charge on any atom is -0.468 e. The lowest BCUT2D eigenvalue weighted by Gasteiger charge is -2.31. The highest BCUT2D eigenvalue weighted by Crippen LogP contribution is 2.19. The quantitative estimate of drug-likeness (QED) is 0.624. The largest absolute Gasteiger partial charge is 0.468 e. The molecule has 3 rings (SSSR count). The summed E-state index contributed by atoms with van der Waals surface area (Å²) in [6.45, 7) is 3.42. The molecule has 0 unspecified atom stereocenters. The number of carbonyl (C=O) groups is 2. The number of carbonyl (C=O) groups excluding carboxylic acids is 2. The van der Waals surface area contributed by atoms with Crippen molar-refractivity contribution in [1.29, 1.82) is 0 Å². The Kier molecular flexibility index (Phi) is 7.12. The Morgan fingerprint density at radius 3 is 2.42 bits per heavy atom. The lowest BCUT2D eigenvalue weighted by molar-refractivity contribution is -0.139. The number of nitrogens with one attached hydrogen (secondary N) is 2. The van der Waals surface area contributed by atoms with Gasteiger partial charge in [-0.15, -0.1) is 0 Å². The van der Waals surface area contributed by atoms with Crippen LogP contribution in [0.4, 0.5) is 0 Å². The normalized spacial score (nSPS) is 20.5. The van der Waals surface area contributed by atoms with E-state index in [0.29, 0.717) is 12.5 Å². The first-order chi connectivity index (χ1) is 12.7. The molecule has 1 saturated heterocycles. The maximum absolute atomic E-state index is 12.1. The fraction of sp³-hybridized carbons (Fsp3) is 0.700. The first kappa shape index (κ1) is 19.0. The molecule has 2 amide bonds. The molecule has 2 N–H and O–H groups in total. The van der Waals surface area contributed by atoms with E-state index in [1.54, 1.807) is 6.26 Å². The van der Waals surface area contributed by atoms with E-state index in [1.807, 2.05) is 12.1 Å². The average molecular weight is 361 g/mol. The fourth-order valence-corrected chi connectivity index (χ4v) is 3.96. The molecular formula is C20H31N3O3. The molecule has 6 nitrogen and oxygen atoms in total. The number of hydrogen-bond donors (Lipinski definition) is 2. The number of furan rings is 1. The minimum absolute atomic E-state index is 0.167. The van der Waals surface area contributed by atoms with E-state index in [9.17, 15) is 9.59 Å². The van der Waals surface area contributed by atoms with Crippen LogP contribution in [0.25, 0.3) is 0 Å². The average Bonchev–Trinajstić information content (AvgIpc) is 3.03. The first-order valence-electron chi connectivity index (χ1n) is 10.0. The van der Waals surface area contributed by atoms with E-state index in [4.69, 9.17) is 4.42 Å². The van der Waals surface area contributed by atoms with Crippen LogP contribution in [0.5, 0.6) is 0 Å². The number of likely N-dealkylation sites (tertiary alicyclic amines) is 1. The molecule has 0 bridgehead atoms. The van der Waals surface area contributed by atoms with E-state index in [0.717, 1.165) is 63.9 Å². The fourth-order valence-electron chi connectivity index (χ4n) is 3.96. The Bertz CT molecular complexity index is 557. The Morgan fingerprint density at radius 1 is 1.04 bits per heavy atom. The standard InChI is InChI=1S/C20H31N3O3/c24-19(20(25)22-17-6-3-1-2-4-7-17)21-14-16-9-11-23(12-10-16)15-18-8-5-13-26-18/h5,8,13,16-17H,1-4,6-7,9-12,14-15H2,(H,21,24)(H,22,25). The molecule has 2 fully saturated rings. The van der Waals surface area contributed by atoms with Crippen molar-refractivity contribution < 1.29 is 14.0 Å². The van der Waals surface area contributed by atoms with Crippen molar-refractivity contribution in [3.8, 4) is 0 Å². The second-order valence-electron chi connectivity index (χ2n) is 7.67. The van der Waals surface area contributed by atoms with Crippen LogP contribution < -0.4 is 10.6 Å². The van der Waals surface area contributed by atoms with Crippen LogP contribution in [-0.4, -0.2) is 42.4 Å². The second kappa shape index (κ2) is 9.76. The molecular weight excluding hydrogens is 330 g/mol. The van der Waals surface area contributed by atoms with E-state index in [1.165, 1.54) is 12.8 Å². The summed E-state index contributed by atoms with van der Waals surface area (Å²) in [4.78, 5) is 26.5. The molecule has 0 atom stereocenters. The van der Waals surface area contributed by atoms with Gasteiger partial charge in [-0.05, 0) is 56.8 Å². The molecule has 1 aliphatic carbocycles. The molecule has 2 heterocycles. The van der Waals surface area contributed by atoms with Gasteiger partial charge >= 0.3 is 11.8 Å².